The normalized spacial score (nSPS) is 21.9. The van der Waals surface area contributed by atoms with Crippen LogP contribution >= 0.6 is 0 Å². The molecule has 2 atom stereocenters. The number of para-hydroxylation sites is 1. The van der Waals surface area contributed by atoms with Gasteiger partial charge in [0.1, 0.15) is 12.4 Å². The van der Waals surface area contributed by atoms with Crippen LogP contribution in [0.4, 0.5) is 0 Å². The Labute approximate surface area is 129 Å². The summed E-state index contributed by atoms with van der Waals surface area (Å²) in [5, 5.41) is 3.63. The summed E-state index contributed by atoms with van der Waals surface area (Å²) in [6.45, 7) is 9.01. The molecule has 0 heterocycles. The highest BCUT2D eigenvalue weighted by Gasteiger charge is 2.34. The van der Waals surface area contributed by atoms with E-state index in [4.69, 9.17) is 9.47 Å². The van der Waals surface area contributed by atoms with Gasteiger partial charge in [0.05, 0.1) is 6.61 Å². The Hall–Kier alpha value is -1.06. The Morgan fingerprint density at radius 1 is 1.14 bits per heavy atom. The molecule has 0 bridgehead atoms. The minimum Gasteiger partial charge on any atom is -0.491 e. The fourth-order valence-corrected chi connectivity index (χ4v) is 2.81. The molecule has 1 aliphatic carbocycles. The molecule has 1 aliphatic rings. The molecule has 0 amide bonds. The van der Waals surface area contributed by atoms with Crippen LogP contribution < -0.4 is 10.1 Å². The van der Waals surface area contributed by atoms with Gasteiger partial charge in [0, 0.05) is 12.6 Å². The van der Waals surface area contributed by atoms with E-state index in [9.17, 15) is 0 Å². The van der Waals surface area contributed by atoms with Crippen molar-refractivity contribution in [2.75, 3.05) is 26.9 Å². The number of hydrogen-bond acceptors (Lipinski definition) is 3. The van der Waals surface area contributed by atoms with Gasteiger partial charge in [-0.2, -0.15) is 0 Å². The maximum Gasteiger partial charge on any atom is 0.122 e. The summed E-state index contributed by atoms with van der Waals surface area (Å²) in [4.78, 5) is 0. The fraction of sp³-hybridized carbons (Fsp3) is 0.667. The summed E-state index contributed by atoms with van der Waals surface area (Å²) < 4.78 is 10.9. The van der Waals surface area contributed by atoms with Gasteiger partial charge in [-0.15, -0.1) is 0 Å². The topological polar surface area (TPSA) is 30.5 Å². The molecule has 1 saturated carbocycles. The Bertz CT molecular complexity index is 439. The van der Waals surface area contributed by atoms with Crippen molar-refractivity contribution in [1.29, 1.82) is 0 Å². The first-order valence-corrected chi connectivity index (χ1v) is 7.97. The molecular weight excluding hydrogens is 262 g/mol. The molecular formula is C18H29NO2. The van der Waals surface area contributed by atoms with E-state index in [1.165, 1.54) is 18.4 Å². The molecule has 1 N–H and O–H groups in total. The van der Waals surface area contributed by atoms with Gasteiger partial charge in [-0.25, -0.2) is 0 Å². The Kier molecular flexibility index (Phi) is 5.65. The first-order chi connectivity index (χ1) is 10.0. The minimum atomic E-state index is 0.189. The first kappa shape index (κ1) is 16.3. The number of hydrogen-bond donors (Lipinski definition) is 1. The summed E-state index contributed by atoms with van der Waals surface area (Å²) in [6.07, 6.45) is 2.57. The average molecular weight is 291 g/mol. The average Bonchev–Trinajstić information content (AvgIpc) is 2.38. The maximum absolute atomic E-state index is 5.88. The Morgan fingerprint density at radius 2 is 1.90 bits per heavy atom. The van der Waals surface area contributed by atoms with Crippen molar-refractivity contribution in [2.45, 2.75) is 45.1 Å². The molecule has 0 radical (unpaired) electrons. The summed E-state index contributed by atoms with van der Waals surface area (Å²) in [6, 6.07) is 8.46. The van der Waals surface area contributed by atoms with E-state index in [0.717, 1.165) is 18.2 Å². The lowest BCUT2D eigenvalue weighted by atomic mass is 9.69. The highest BCUT2D eigenvalue weighted by Crippen LogP contribution is 2.45. The predicted molar refractivity (Wildman–Crippen MR) is 87.0 cm³/mol. The van der Waals surface area contributed by atoms with Crippen LogP contribution in [0.25, 0.3) is 0 Å². The van der Waals surface area contributed by atoms with E-state index in [2.05, 4.69) is 44.3 Å². The zero-order valence-electron chi connectivity index (χ0n) is 13.8. The molecule has 21 heavy (non-hydrogen) atoms. The van der Waals surface area contributed by atoms with Crippen molar-refractivity contribution in [1.82, 2.24) is 5.32 Å². The lowest BCUT2D eigenvalue weighted by Crippen LogP contribution is -2.43. The summed E-state index contributed by atoms with van der Waals surface area (Å²) in [5.74, 6) is 2.37. The maximum atomic E-state index is 5.88. The molecule has 1 aromatic rings. The Balaban J connectivity index is 1.97. The van der Waals surface area contributed by atoms with E-state index < -0.39 is 0 Å². The molecule has 0 aliphatic heterocycles. The van der Waals surface area contributed by atoms with Crippen LogP contribution in [0.15, 0.2) is 24.3 Å². The van der Waals surface area contributed by atoms with Gasteiger partial charge in [0.2, 0.25) is 0 Å². The summed E-state index contributed by atoms with van der Waals surface area (Å²) in [7, 11) is 1.70. The van der Waals surface area contributed by atoms with Crippen LogP contribution in [0.2, 0.25) is 0 Å². The van der Waals surface area contributed by atoms with Gasteiger partial charge >= 0.3 is 0 Å². The van der Waals surface area contributed by atoms with E-state index in [0.29, 0.717) is 19.1 Å². The van der Waals surface area contributed by atoms with Crippen molar-refractivity contribution in [2.24, 2.45) is 5.92 Å². The number of nitrogens with one attached hydrogen (secondary N) is 1. The second-order valence-corrected chi connectivity index (χ2v) is 6.95. The lowest BCUT2D eigenvalue weighted by molar-refractivity contribution is 0.143. The smallest absolute Gasteiger partial charge is 0.122 e. The van der Waals surface area contributed by atoms with Crippen molar-refractivity contribution in [3.8, 4) is 5.75 Å². The molecule has 3 heteroatoms. The molecule has 2 unspecified atom stereocenters. The van der Waals surface area contributed by atoms with Crippen molar-refractivity contribution < 1.29 is 9.47 Å². The largest absolute Gasteiger partial charge is 0.491 e. The molecule has 1 aromatic carbocycles. The van der Waals surface area contributed by atoms with Gasteiger partial charge in [-0.1, -0.05) is 18.2 Å². The van der Waals surface area contributed by atoms with Crippen LogP contribution in [0, 0.1) is 5.92 Å². The van der Waals surface area contributed by atoms with E-state index in [1.807, 2.05) is 6.07 Å². The number of benzene rings is 1. The van der Waals surface area contributed by atoms with E-state index in [1.54, 1.807) is 7.11 Å². The highest BCUT2D eigenvalue weighted by molar-refractivity contribution is 5.38. The van der Waals surface area contributed by atoms with Crippen LogP contribution in [0.1, 0.15) is 45.1 Å². The molecule has 0 aromatic heterocycles. The van der Waals surface area contributed by atoms with Crippen molar-refractivity contribution >= 4 is 0 Å². The van der Waals surface area contributed by atoms with Gasteiger partial charge in [0.25, 0.3) is 0 Å². The third-order valence-electron chi connectivity index (χ3n) is 4.18. The van der Waals surface area contributed by atoms with Gasteiger partial charge in [-0.05, 0) is 63.6 Å². The zero-order valence-corrected chi connectivity index (χ0v) is 13.8. The second kappa shape index (κ2) is 7.28. The van der Waals surface area contributed by atoms with Gasteiger partial charge in [-0.3, -0.25) is 0 Å². The quantitative estimate of drug-likeness (QED) is 0.779. The molecule has 2 rings (SSSR count). The molecule has 0 saturated heterocycles. The summed E-state index contributed by atoms with van der Waals surface area (Å²) >= 11 is 0. The lowest BCUT2D eigenvalue weighted by Gasteiger charge is -2.39. The molecule has 0 spiro atoms. The standard InChI is InChI=1S/C18H29NO2/c1-18(2,3)19-13-14-9-10-15(14)16-7-5-6-8-17(16)21-12-11-20-4/h5-8,14-15,19H,9-13H2,1-4H3. The van der Waals surface area contributed by atoms with E-state index in [-0.39, 0.29) is 5.54 Å². The predicted octanol–water partition coefficient (Wildman–Crippen LogP) is 3.59. The fourth-order valence-electron chi connectivity index (χ4n) is 2.81. The third-order valence-corrected chi connectivity index (χ3v) is 4.18. The number of rotatable bonds is 7. The van der Waals surface area contributed by atoms with Crippen LogP contribution in [0.5, 0.6) is 5.75 Å². The van der Waals surface area contributed by atoms with Gasteiger partial charge < -0.3 is 14.8 Å². The zero-order chi connectivity index (χ0) is 15.3. The van der Waals surface area contributed by atoms with E-state index >= 15 is 0 Å². The minimum absolute atomic E-state index is 0.189. The number of ether oxygens (including phenoxy) is 2. The molecule has 3 nitrogen and oxygen atoms in total. The van der Waals surface area contributed by atoms with Crippen LogP contribution in [-0.2, 0) is 4.74 Å². The Morgan fingerprint density at radius 3 is 2.52 bits per heavy atom. The summed E-state index contributed by atoms with van der Waals surface area (Å²) in [5.41, 5.74) is 1.55. The van der Waals surface area contributed by atoms with Crippen LogP contribution in [-0.4, -0.2) is 32.4 Å². The number of methoxy groups -OCH3 is 1. The monoisotopic (exact) mass is 291 g/mol. The first-order valence-electron chi connectivity index (χ1n) is 7.97. The van der Waals surface area contributed by atoms with Crippen molar-refractivity contribution in [3.63, 3.8) is 0 Å². The third kappa shape index (κ3) is 4.72. The SMILES string of the molecule is COCCOc1ccccc1C1CCC1CNC(C)(C)C. The van der Waals surface area contributed by atoms with Crippen molar-refractivity contribution in [3.05, 3.63) is 29.8 Å². The molecule has 1 fully saturated rings. The van der Waals surface area contributed by atoms with Crippen LogP contribution in [0.3, 0.4) is 0 Å². The molecule has 118 valence electrons. The van der Waals surface area contributed by atoms with Gasteiger partial charge in [0.15, 0.2) is 0 Å². The second-order valence-electron chi connectivity index (χ2n) is 6.95. The highest BCUT2D eigenvalue weighted by atomic mass is 16.5.